The summed E-state index contributed by atoms with van der Waals surface area (Å²) in [5, 5.41) is 4.35. The van der Waals surface area contributed by atoms with E-state index in [4.69, 9.17) is 0 Å². The molecular weight excluding hydrogens is 378 g/mol. The van der Waals surface area contributed by atoms with Crippen LogP contribution >= 0.6 is 0 Å². The van der Waals surface area contributed by atoms with Crippen LogP contribution in [0.1, 0.15) is 43.2 Å². The molecule has 0 radical (unpaired) electrons. The smallest absolute Gasteiger partial charge is 0.241 e. The Morgan fingerprint density at radius 2 is 1.37 bits per heavy atom. The van der Waals surface area contributed by atoms with E-state index in [2.05, 4.69) is 10.5 Å². The van der Waals surface area contributed by atoms with Crippen molar-refractivity contribution in [2.75, 3.05) is 6.54 Å². The summed E-state index contributed by atoms with van der Waals surface area (Å²) in [5.41, 5.74) is 5.03. The quantitative estimate of drug-likeness (QED) is 0.457. The molecule has 1 aliphatic heterocycles. The van der Waals surface area contributed by atoms with Crippen molar-refractivity contribution in [2.24, 2.45) is 16.9 Å². The van der Waals surface area contributed by atoms with Crippen LogP contribution in [-0.2, 0) is 14.4 Å². The van der Waals surface area contributed by atoms with Gasteiger partial charge in [0.2, 0.25) is 17.7 Å². The summed E-state index contributed by atoms with van der Waals surface area (Å²) in [6, 6.07) is 19.2. The number of fused-ring (bicyclic) bond motifs is 1. The molecule has 2 aromatic rings. The lowest BCUT2D eigenvalue weighted by molar-refractivity contribution is -0.140. The van der Waals surface area contributed by atoms with Gasteiger partial charge in [0.1, 0.15) is 0 Å². The number of nitrogens with one attached hydrogen (secondary N) is 1. The molecule has 0 unspecified atom stereocenters. The van der Waals surface area contributed by atoms with Gasteiger partial charge < -0.3 is 0 Å². The van der Waals surface area contributed by atoms with E-state index >= 15 is 0 Å². The molecule has 2 aliphatic rings. The highest BCUT2D eigenvalue weighted by Crippen LogP contribution is 2.37. The van der Waals surface area contributed by atoms with Crippen molar-refractivity contribution in [3.05, 3.63) is 71.8 Å². The van der Waals surface area contributed by atoms with Crippen LogP contribution < -0.4 is 5.43 Å². The number of rotatable bonds is 6. The molecular formula is C24H25N3O3. The number of nitrogens with zero attached hydrogens (tertiary/aromatic N) is 2. The molecule has 154 valence electrons. The number of benzene rings is 2. The summed E-state index contributed by atoms with van der Waals surface area (Å²) in [6.45, 7) is 0.109. The minimum Gasteiger partial charge on any atom is -0.282 e. The number of amides is 3. The van der Waals surface area contributed by atoms with Gasteiger partial charge in [-0.1, -0.05) is 73.5 Å². The molecule has 0 spiro atoms. The predicted molar refractivity (Wildman–Crippen MR) is 113 cm³/mol. The standard InChI is InChI=1S/C24H25N3O3/c28-21(15-16-27-23(29)19-13-7-8-14-20(19)24(27)30)25-26-22(17-9-3-1-4-10-17)18-11-5-2-6-12-18/h1-6,9-12,19-20H,7-8,13-16H2,(H,25,28)/t19-,20-/m1/s1. The Morgan fingerprint density at radius 1 is 0.867 bits per heavy atom. The molecule has 6 heteroatoms. The SMILES string of the molecule is O=C(CCN1C(=O)[C@@H]2CCCC[C@H]2C1=O)NN=C(c1ccccc1)c1ccccc1. The van der Waals surface area contributed by atoms with Crippen LogP contribution in [0, 0.1) is 11.8 Å². The molecule has 1 saturated carbocycles. The fraction of sp³-hybridized carbons (Fsp3) is 0.333. The minimum atomic E-state index is -0.324. The molecule has 1 aliphatic carbocycles. The van der Waals surface area contributed by atoms with Crippen LogP contribution in [-0.4, -0.2) is 34.9 Å². The minimum absolute atomic E-state index is 0.0390. The molecule has 6 nitrogen and oxygen atoms in total. The summed E-state index contributed by atoms with van der Waals surface area (Å²) >= 11 is 0. The van der Waals surface area contributed by atoms with Crippen molar-refractivity contribution in [3.8, 4) is 0 Å². The first-order valence-electron chi connectivity index (χ1n) is 10.5. The molecule has 3 amide bonds. The van der Waals surface area contributed by atoms with E-state index in [1.54, 1.807) is 0 Å². The van der Waals surface area contributed by atoms with Crippen LogP contribution in [0.4, 0.5) is 0 Å². The van der Waals surface area contributed by atoms with Crippen molar-refractivity contribution in [2.45, 2.75) is 32.1 Å². The van der Waals surface area contributed by atoms with Crippen molar-refractivity contribution < 1.29 is 14.4 Å². The lowest BCUT2D eigenvalue weighted by Gasteiger charge is -2.19. The second-order valence-corrected chi connectivity index (χ2v) is 7.80. The van der Waals surface area contributed by atoms with E-state index in [9.17, 15) is 14.4 Å². The van der Waals surface area contributed by atoms with Crippen LogP contribution in [0.15, 0.2) is 65.8 Å². The van der Waals surface area contributed by atoms with Gasteiger partial charge in [0.05, 0.1) is 17.5 Å². The first kappa shape index (κ1) is 20.0. The Balaban J connectivity index is 1.42. The number of hydrazone groups is 1. The summed E-state index contributed by atoms with van der Waals surface area (Å²) in [6.07, 6.45) is 3.58. The lowest BCUT2D eigenvalue weighted by atomic mass is 9.81. The van der Waals surface area contributed by atoms with E-state index in [1.807, 2.05) is 60.7 Å². The van der Waals surface area contributed by atoms with Crippen molar-refractivity contribution in [1.29, 1.82) is 0 Å². The largest absolute Gasteiger partial charge is 0.282 e. The van der Waals surface area contributed by atoms with Gasteiger partial charge in [-0.25, -0.2) is 5.43 Å². The summed E-state index contributed by atoms with van der Waals surface area (Å²) in [4.78, 5) is 38.8. The van der Waals surface area contributed by atoms with E-state index in [1.165, 1.54) is 4.90 Å². The summed E-state index contributed by atoms with van der Waals surface area (Å²) in [5.74, 6) is -0.925. The molecule has 1 heterocycles. The van der Waals surface area contributed by atoms with E-state index in [0.717, 1.165) is 36.8 Å². The maximum atomic E-state index is 12.5. The third-order valence-corrected chi connectivity index (χ3v) is 5.88. The Morgan fingerprint density at radius 3 is 1.87 bits per heavy atom. The maximum Gasteiger partial charge on any atom is 0.241 e. The second kappa shape index (κ2) is 9.03. The predicted octanol–water partition coefficient (Wildman–Crippen LogP) is 3.12. The third kappa shape index (κ3) is 4.17. The molecule has 2 aromatic carbocycles. The number of imide groups is 1. The molecule has 0 bridgehead atoms. The number of hydrogen-bond acceptors (Lipinski definition) is 4. The van der Waals surface area contributed by atoms with Crippen LogP contribution in [0.25, 0.3) is 0 Å². The fourth-order valence-electron chi connectivity index (χ4n) is 4.33. The summed E-state index contributed by atoms with van der Waals surface area (Å²) < 4.78 is 0. The second-order valence-electron chi connectivity index (χ2n) is 7.80. The number of hydrogen-bond donors (Lipinski definition) is 1. The van der Waals surface area contributed by atoms with Crippen LogP contribution in [0.5, 0.6) is 0 Å². The molecule has 1 saturated heterocycles. The van der Waals surface area contributed by atoms with E-state index < -0.39 is 0 Å². The van der Waals surface area contributed by atoms with Gasteiger partial charge in [-0.2, -0.15) is 5.10 Å². The van der Waals surface area contributed by atoms with Crippen molar-refractivity contribution in [3.63, 3.8) is 0 Å². The van der Waals surface area contributed by atoms with Gasteiger partial charge in [-0.3, -0.25) is 19.3 Å². The highest BCUT2D eigenvalue weighted by molar-refractivity contribution is 6.13. The lowest BCUT2D eigenvalue weighted by Crippen LogP contribution is -2.34. The maximum absolute atomic E-state index is 12.5. The van der Waals surface area contributed by atoms with E-state index in [-0.39, 0.29) is 42.5 Å². The van der Waals surface area contributed by atoms with Gasteiger partial charge in [-0.05, 0) is 12.8 Å². The monoisotopic (exact) mass is 403 g/mol. The third-order valence-electron chi connectivity index (χ3n) is 5.88. The molecule has 2 atom stereocenters. The summed E-state index contributed by atoms with van der Waals surface area (Å²) in [7, 11) is 0. The van der Waals surface area contributed by atoms with Crippen molar-refractivity contribution in [1.82, 2.24) is 10.3 Å². The average Bonchev–Trinajstić information content (AvgIpc) is 3.04. The Hall–Kier alpha value is -3.28. The fourth-order valence-corrected chi connectivity index (χ4v) is 4.33. The molecule has 30 heavy (non-hydrogen) atoms. The van der Waals surface area contributed by atoms with Crippen LogP contribution in [0.2, 0.25) is 0 Å². The normalized spacial score (nSPS) is 20.6. The van der Waals surface area contributed by atoms with Crippen molar-refractivity contribution >= 4 is 23.4 Å². The Bertz CT molecular complexity index is 891. The number of likely N-dealkylation sites (tertiary alicyclic amines) is 1. The van der Waals surface area contributed by atoms with Gasteiger partial charge in [0, 0.05) is 24.1 Å². The molecule has 0 aromatic heterocycles. The average molecular weight is 403 g/mol. The highest BCUT2D eigenvalue weighted by Gasteiger charge is 2.47. The number of carbonyl (C=O) groups is 3. The highest BCUT2D eigenvalue weighted by atomic mass is 16.2. The zero-order valence-corrected chi connectivity index (χ0v) is 16.8. The molecule has 1 N–H and O–H groups in total. The molecule has 2 fully saturated rings. The first-order valence-corrected chi connectivity index (χ1v) is 10.5. The molecule has 4 rings (SSSR count). The first-order chi connectivity index (χ1) is 14.6. The Kier molecular flexibility index (Phi) is 6.02. The van der Waals surface area contributed by atoms with Gasteiger partial charge in [0.25, 0.3) is 0 Å². The topological polar surface area (TPSA) is 78.8 Å². The Labute approximate surface area is 176 Å². The van der Waals surface area contributed by atoms with Gasteiger partial charge >= 0.3 is 0 Å². The van der Waals surface area contributed by atoms with Gasteiger partial charge in [-0.15, -0.1) is 0 Å². The van der Waals surface area contributed by atoms with Gasteiger partial charge in [0.15, 0.2) is 0 Å². The van der Waals surface area contributed by atoms with E-state index in [0.29, 0.717) is 5.71 Å². The number of carbonyl (C=O) groups excluding carboxylic acids is 3. The zero-order valence-electron chi connectivity index (χ0n) is 16.8. The zero-order chi connectivity index (χ0) is 20.9. The van der Waals surface area contributed by atoms with Crippen LogP contribution in [0.3, 0.4) is 0 Å².